The largest absolute Gasteiger partial charge is 0.352 e. The third kappa shape index (κ3) is 4.67. The number of aryl methyl sites for hydroxylation is 2. The van der Waals surface area contributed by atoms with Gasteiger partial charge in [-0.1, -0.05) is 23.7 Å². The minimum absolute atomic E-state index is 0.00547. The van der Waals surface area contributed by atoms with Crippen LogP contribution in [0.5, 0.6) is 0 Å². The van der Waals surface area contributed by atoms with E-state index in [9.17, 15) is 4.79 Å². The fraction of sp³-hybridized carbons (Fsp3) is 0.211. The molecule has 3 aromatic rings. The van der Waals surface area contributed by atoms with Crippen molar-refractivity contribution in [3.8, 4) is 11.3 Å². The second kappa shape index (κ2) is 7.94. The average Bonchev–Trinajstić information content (AvgIpc) is 3.04. The predicted molar refractivity (Wildman–Crippen MR) is 98.1 cm³/mol. The van der Waals surface area contributed by atoms with Crippen LogP contribution < -0.4 is 5.32 Å². The number of rotatable bonds is 6. The highest BCUT2D eigenvalue weighted by Crippen LogP contribution is 2.18. The Labute approximate surface area is 151 Å². The normalized spacial score (nSPS) is 10.6. The van der Waals surface area contributed by atoms with Crippen molar-refractivity contribution in [2.75, 3.05) is 0 Å². The van der Waals surface area contributed by atoms with E-state index in [0.29, 0.717) is 24.4 Å². The Bertz CT molecular complexity index is 875. The van der Waals surface area contributed by atoms with Crippen molar-refractivity contribution in [1.82, 2.24) is 20.1 Å². The van der Waals surface area contributed by atoms with Crippen molar-refractivity contribution in [2.45, 2.75) is 19.4 Å². The molecule has 0 saturated heterocycles. The predicted octanol–water partition coefficient (Wildman–Crippen LogP) is 3.38. The molecule has 0 spiro atoms. The molecule has 0 fully saturated rings. The second-order valence-corrected chi connectivity index (χ2v) is 6.27. The molecular weight excluding hydrogens is 336 g/mol. The SMILES string of the molecule is Cn1nccc1-c1cncc(CNC(=O)CCc2cccc(Cl)c2)c1. The maximum Gasteiger partial charge on any atom is 0.220 e. The Hall–Kier alpha value is -2.66. The Morgan fingerprint density at radius 3 is 2.84 bits per heavy atom. The van der Waals surface area contributed by atoms with Gasteiger partial charge in [-0.2, -0.15) is 5.10 Å². The minimum atomic E-state index is 0.00547. The molecule has 0 unspecified atom stereocenters. The lowest BCUT2D eigenvalue weighted by Crippen LogP contribution is -2.23. The molecule has 2 heterocycles. The molecule has 128 valence electrons. The Balaban J connectivity index is 1.55. The van der Waals surface area contributed by atoms with Crippen LogP contribution in [-0.4, -0.2) is 20.7 Å². The highest BCUT2D eigenvalue weighted by Gasteiger charge is 2.06. The van der Waals surface area contributed by atoms with Crippen molar-refractivity contribution < 1.29 is 4.79 Å². The summed E-state index contributed by atoms with van der Waals surface area (Å²) in [6.45, 7) is 0.451. The van der Waals surface area contributed by atoms with Gasteiger partial charge in [0.15, 0.2) is 0 Å². The molecule has 1 N–H and O–H groups in total. The number of aromatic nitrogens is 3. The van der Waals surface area contributed by atoms with Crippen LogP contribution in [0.3, 0.4) is 0 Å². The molecule has 0 atom stereocenters. The van der Waals surface area contributed by atoms with Gasteiger partial charge in [0.25, 0.3) is 0 Å². The van der Waals surface area contributed by atoms with E-state index in [-0.39, 0.29) is 5.91 Å². The van der Waals surface area contributed by atoms with Crippen LogP contribution in [0.4, 0.5) is 0 Å². The van der Waals surface area contributed by atoms with Gasteiger partial charge in [0.05, 0.1) is 5.69 Å². The molecule has 1 aromatic carbocycles. The Kier molecular flexibility index (Phi) is 5.46. The zero-order valence-corrected chi connectivity index (χ0v) is 14.7. The number of nitrogens with one attached hydrogen (secondary N) is 1. The van der Waals surface area contributed by atoms with Crippen LogP contribution in [0.1, 0.15) is 17.5 Å². The number of nitrogens with zero attached hydrogens (tertiary/aromatic N) is 3. The van der Waals surface area contributed by atoms with E-state index in [1.54, 1.807) is 23.3 Å². The van der Waals surface area contributed by atoms with E-state index in [0.717, 1.165) is 22.4 Å². The molecule has 1 amide bonds. The first kappa shape index (κ1) is 17.2. The van der Waals surface area contributed by atoms with Gasteiger partial charge in [0.1, 0.15) is 0 Å². The fourth-order valence-corrected chi connectivity index (χ4v) is 2.83. The maximum atomic E-state index is 12.1. The number of amides is 1. The number of hydrogen-bond donors (Lipinski definition) is 1. The highest BCUT2D eigenvalue weighted by atomic mass is 35.5. The monoisotopic (exact) mass is 354 g/mol. The van der Waals surface area contributed by atoms with E-state index >= 15 is 0 Å². The van der Waals surface area contributed by atoms with E-state index in [1.807, 2.05) is 43.4 Å². The minimum Gasteiger partial charge on any atom is -0.352 e. The molecule has 0 aliphatic rings. The first-order chi connectivity index (χ1) is 12.1. The van der Waals surface area contributed by atoms with E-state index in [4.69, 9.17) is 11.6 Å². The third-order valence-electron chi connectivity index (χ3n) is 3.93. The van der Waals surface area contributed by atoms with Gasteiger partial charge in [0.2, 0.25) is 5.91 Å². The summed E-state index contributed by atoms with van der Waals surface area (Å²) in [6, 6.07) is 11.5. The highest BCUT2D eigenvalue weighted by molar-refractivity contribution is 6.30. The molecule has 0 radical (unpaired) electrons. The first-order valence-electron chi connectivity index (χ1n) is 8.05. The molecule has 3 rings (SSSR count). The van der Waals surface area contributed by atoms with E-state index in [2.05, 4.69) is 15.4 Å². The van der Waals surface area contributed by atoms with Crippen LogP contribution in [0.25, 0.3) is 11.3 Å². The first-order valence-corrected chi connectivity index (χ1v) is 8.43. The molecule has 0 aliphatic heterocycles. The van der Waals surface area contributed by atoms with Gasteiger partial charge in [-0.05, 0) is 41.8 Å². The summed E-state index contributed by atoms with van der Waals surface area (Å²) in [6.07, 6.45) is 6.40. The molecule has 6 heteroatoms. The quantitative estimate of drug-likeness (QED) is 0.738. The molecule has 2 aromatic heterocycles. The standard InChI is InChI=1S/C19H19ClN4O/c1-24-18(7-8-23-24)16-9-15(11-21-13-16)12-22-19(25)6-5-14-3-2-4-17(20)10-14/h2-4,7-11,13H,5-6,12H2,1H3,(H,22,25). The Morgan fingerprint density at radius 2 is 2.08 bits per heavy atom. The topological polar surface area (TPSA) is 59.8 Å². The lowest BCUT2D eigenvalue weighted by atomic mass is 10.1. The lowest BCUT2D eigenvalue weighted by molar-refractivity contribution is -0.121. The number of halogens is 1. The summed E-state index contributed by atoms with van der Waals surface area (Å²) >= 11 is 5.96. The summed E-state index contributed by atoms with van der Waals surface area (Å²) in [7, 11) is 1.89. The maximum absolute atomic E-state index is 12.1. The van der Waals surface area contributed by atoms with Crippen LogP contribution in [0.2, 0.25) is 5.02 Å². The lowest BCUT2D eigenvalue weighted by Gasteiger charge is -2.08. The summed E-state index contributed by atoms with van der Waals surface area (Å²) in [5.41, 5.74) is 3.98. The number of carbonyl (C=O) groups excluding carboxylic acids is 1. The van der Waals surface area contributed by atoms with Crippen molar-refractivity contribution >= 4 is 17.5 Å². The number of pyridine rings is 1. The van der Waals surface area contributed by atoms with Gasteiger partial charge in [0, 0.05) is 49.2 Å². The van der Waals surface area contributed by atoms with Gasteiger partial charge < -0.3 is 5.32 Å². The van der Waals surface area contributed by atoms with Gasteiger partial charge in [-0.15, -0.1) is 0 Å². The van der Waals surface area contributed by atoms with Crippen LogP contribution in [-0.2, 0) is 24.8 Å². The number of hydrogen-bond acceptors (Lipinski definition) is 3. The van der Waals surface area contributed by atoms with Crippen molar-refractivity contribution in [3.63, 3.8) is 0 Å². The smallest absolute Gasteiger partial charge is 0.220 e. The van der Waals surface area contributed by atoms with E-state index < -0.39 is 0 Å². The molecule has 25 heavy (non-hydrogen) atoms. The molecule has 0 aliphatic carbocycles. The zero-order chi connectivity index (χ0) is 17.6. The van der Waals surface area contributed by atoms with E-state index in [1.165, 1.54) is 0 Å². The van der Waals surface area contributed by atoms with Crippen LogP contribution in [0, 0.1) is 0 Å². The zero-order valence-electron chi connectivity index (χ0n) is 13.9. The summed E-state index contributed by atoms with van der Waals surface area (Å²) < 4.78 is 1.80. The fourth-order valence-electron chi connectivity index (χ4n) is 2.62. The summed E-state index contributed by atoms with van der Waals surface area (Å²) in [5, 5.41) is 7.79. The summed E-state index contributed by atoms with van der Waals surface area (Å²) in [4.78, 5) is 16.3. The van der Waals surface area contributed by atoms with Crippen molar-refractivity contribution in [3.05, 3.63) is 71.1 Å². The van der Waals surface area contributed by atoms with Crippen LogP contribution >= 0.6 is 11.6 Å². The summed E-state index contributed by atoms with van der Waals surface area (Å²) in [5.74, 6) is 0.00547. The molecule has 5 nitrogen and oxygen atoms in total. The van der Waals surface area contributed by atoms with Crippen molar-refractivity contribution in [2.24, 2.45) is 7.05 Å². The molecular formula is C19H19ClN4O. The van der Waals surface area contributed by atoms with Crippen LogP contribution in [0.15, 0.2) is 55.0 Å². The number of benzene rings is 1. The third-order valence-corrected chi connectivity index (χ3v) is 4.17. The average molecular weight is 355 g/mol. The Morgan fingerprint density at radius 1 is 1.20 bits per heavy atom. The van der Waals surface area contributed by atoms with Crippen molar-refractivity contribution in [1.29, 1.82) is 0 Å². The second-order valence-electron chi connectivity index (χ2n) is 5.83. The van der Waals surface area contributed by atoms with Gasteiger partial charge in [-0.25, -0.2) is 0 Å². The molecule has 0 saturated carbocycles. The number of carbonyl (C=O) groups is 1. The van der Waals surface area contributed by atoms with Gasteiger partial charge in [-0.3, -0.25) is 14.5 Å². The molecule has 0 bridgehead atoms. The van der Waals surface area contributed by atoms with Gasteiger partial charge >= 0.3 is 0 Å².